The lowest BCUT2D eigenvalue weighted by Gasteiger charge is -2.28. The molecule has 0 rings (SSSR count). The zero-order valence-corrected chi connectivity index (χ0v) is 31.9. The summed E-state index contributed by atoms with van der Waals surface area (Å²) in [6, 6.07) is 1.76. The summed E-state index contributed by atoms with van der Waals surface area (Å²) in [4.78, 5) is 0. The SMILES string of the molecule is CCO[Si](CCCSSSSCCC[Si](OCC)(OCC)OCC)(OCC)OCC.CO[Si](S)(OC)OC. The van der Waals surface area contributed by atoms with Crippen LogP contribution in [0.4, 0.5) is 0 Å². The highest BCUT2D eigenvalue weighted by Crippen LogP contribution is 2.44. The summed E-state index contributed by atoms with van der Waals surface area (Å²) in [6.07, 6.45) is 2.08. The average molecular weight is 693 g/mol. The van der Waals surface area contributed by atoms with Crippen molar-refractivity contribution in [1.82, 2.24) is 0 Å². The highest BCUT2D eigenvalue weighted by Gasteiger charge is 2.40. The Morgan fingerprint density at radius 1 is 0.500 bits per heavy atom. The van der Waals surface area contributed by atoms with Gasteiger partial charge in [-0.25, -0.2) is 0 Å². The van der Waals surface area contributed by atoms with Gasteiger partial charge in [-0.15, -0.1) is 12.1 Å². The molecule has 9 nitrogen and oxygen atoms in total. The van der Waals surface area contributed by atoms with E-state index in [4.69, 9.17) is 39.8 Å². The van der Waals surface area contributed by atoms with E-state index in [0.29, 0.717) is 39.6 Å². The van der Waals surface area contributed by atoms with Gasteiger partial charge in [-0.3, -0.25) is 0 Å². The van der Waals surface area contributed by atoms with E-state index in [0.717, 1.165) is 36.4 Å². The Kier molecular flexibility index (Phi) is 30.9. The summed E-state index contributed by atoms with van der Waals surface area (Å²) in [7, 11) is 4.52. The zero-order chi connectivity index (χ0) is 29.2. The van der Waals surface area contributed by atoms with Gasteiger partial charge in [0.15, 0.2) is 0 Å². The van der Waals surface area contributed by atoms with Gasteiger partial charge in [-0.2, -0.15) is 0 Å². The predicted octanol–water partition coefficient (Wildman–Crippen LogP) is 6.83. The molecule has 232 valence electrons. The quantitative estimate of drug-likeness (QED) is 0.0446. The largest absolute Gasteiger partial charge is 0.569 e. The maximum atomic E-state index is 5.90. The van der Waals surface area contributed by atoms with Crippen molar-refractivity contribution in [3.8, 4) is 0 Å². The third-order valence-corrected chi connectivity index (χ3v) is 20.6. The van der Waals surface area contributed by atoms with Crippen LogP contribution in [0.25, 0.3) is 0 Å². The monoisotopic (exact) mass is 692 g/mol. The molecule has 0 amide bonds. The molecule has 0 aromatic rings. The summed E-state index contributed by atoms with van der Waals surface area (Å²) in [5.74, 6) is 2.13. The second-order valence-electron chi connectivity index (χ2n) is 7.09. The van der Waals surface area contributed by atoms with Gasteiger partial charge in [0.1, 0.15) is 0 Å². The molecule has 0 spiro atoms. The molecule has 0 fully saturated rings. The topological polar surface area (TPSA) is 83.1 Å². The Bertz CT molecular complexity index is 443. The van der Waals surface area contributed by atoms with Gasteiger partial charge < -0.3 is 39.8 Å². The minimum Gasteiger partial charge on any atom is -0.374 e. The van der Waals surface area contributed by atoms with E-state index in [1.165, 1.54) is 21.3 Å². The van der Waals surface area contributed by atoms with Gasteiger partial charge in [0.05, 0.1) is 0 Å². The van der Waals surface area contributed by atoms with Crippen LogP contribution in [0.1, 0.15) is 54.4 Å². The van der Waals surface area contributed by atoms with Crippen LogP contribution in [0.3, 0.4) is 0 Å². The summed E-state index contributed by atoms with van der Waals surface area (Å²) in [6.45, 7) is 15.8. The number of hydrogen-bond donors (Lipinski definition) is 1. The average Bonchev–Trinajstić information content (AvgIpc) is 2.90. The summed E-state index contributed by atoms with van der Waals surface area (Å²) < 4.78 is 49.8. The maximum Gasteiger partial charge on any atom is 0.569 e. The summed E-state index contributed by atoms with van der Waals surface area (Å²) >= 11 is 3.99. The van der Waals surface area contributed by atoms with Crippen molar-refractivity contribution in [2.24, 2.45) is 0 Å². The standard InChI is InChI=1S/C18H42O6S4Si2.C3H10O3SSi/c1-7-19-29(20-8-2,21-9-3)17-13-15-25-27-28-26-16-14-18-30(22-10-4,23-11-5)24-12-6;1-4-8(7,5-2)6-3/h7-18H2,1-6H3;7H,1-3H3. The van der Waals surface area contributed by atoms with E-state index in [2.05, 4.69) is 12.1 Å². The van der Waals surface area contributed by atoms with Crippen LogP contribution in [0.2, 0.25) is 12.1 Å². The molecule has 0 aliphatic carbocycles. The molecule has 0 atom stereocenters. The van der Waals surface area contributed by atoms with E-state index in [1.807, 2.05) is 82.8 Å². The Balaban J connectivity index is 0. The first-order valence-corrected chi connectivity index (χ1v) is 25.1. The molecule has 0 aliphatic heterocycles. The molecule has 0 radical (unpaired) electrons. The number of rotatable bonds is 26. The molecule has 0 saturated heterocycles. The van der Waals surface area contributed by atoms with Gasteiger partial charge in [-0.05, 0) is 74.0 Å². The van der Waals surface area contributed by atoms with Gasteiger partial charge >= 0.3 is 25.6 Å². The third kappa shape index (κ3) is 20.8. The molecule has 0 unspecified atom stereocenters. The first-order chi connectivity index (χ1) is 18.3. The van der Waals surface area contributed by atoms with E-state index in [9.17, 15) is 0 Å². The molecular formula is C21H52O9S5Si3. The first-order valence-electron chi connectivity index (χ1n) is 13.0. The highest BCUT2D eigenvalue weighted by atomic mass is 33.7. The minimum atomic E-state index is -2.49. The van der Waals surface area contributed by atoms with Crippen molar-refractivity contribution < 1.29 is 39.8 Å². The van der Waals surface area contributed by atoms with E-state index >= 15 is 0 Å². The van der Waals surface area contributed by atoms with Crippen LogP contribution in [-0.4, -0.2) is 98.0 Å². The van der Waals surface area contributed by atoms with Gasteiger partial charge in [0, 0.05) is 84.6 Å². The van der Waals surface area contributed by atoms with Crippen LogP contribution in [0.5, 0.6) is 0 Å². The van der Waals surface area contributed by atoms with Crippen molar-refractivity contribution in [3.05, 3.63) is 0 Å². The first kappa shape index (κ1) is 42.2. The van der Waals surface area contributed by atoms with Crippen LogP contribution in [0.15, 0.2) is 0 Å². The van der Waals surface area contributed by atoms with E-state index in [-0.39, 0.29) is 0 Å². The van der Waals surface area contributed by atoms with Crippen molar-refractivity contribution in [2.75, 3.05) is 72.5 Å². The maximum absolute atomic E-state index is 5.90. The van der Waals surface area contributed by atoms with Crippen LogP contribution >= 0.6 is 53.3 Å². The van der Waals surface area contributed by atoms with E-state index in [1.54, 1.807) is 0 Å². The number of hydrogen-bond acceptors (Lipinski definition) is 14. The minimum absolute atomic E-state index is 0.640. The Labute approximate surface area is 256 Å². The normalized spacial score (nSPS) is 12.5. The number of thiol groups is 1. The van der Waals surface area contributed by atoms with E-state index < -0.39 is 25.6 Å². The summed E-state index contributed by atoms with van der Waals surface area (Å²) in [5, 5.41) is 0. The van der Waals surface area contributed by atoms with Crippen LogP contribution < -0.4 is 0 Å². The van der Waals surface area contributed by atoms with Crippen molar-refractivity contribution >= 4 is 78.9 Å². The Hall–Kier alpha value is 2.04. The highest BCUT2D eigenvalue weighted by molar-refractivity contribution is 9.26. The summed E-state index contributed by atoms with van der Waals surface area (Å²) in [5.41, 5.74) is 0. The lowest BCUT2D eigenvalue weighted by Crippen LogP contribution is -2.46. The van der Waals surface area contributed by atoms with Gasteiger partial charge in [0.2, 0.25) is 0 Å². The molecule has 17 heteroatoms. The van der Waals surface area contributed by atoms with Crippen LogP contribution in [-0.2, 0) is 39.8 Å². The molecule has 0 aromatic carbocycles. The molecule has 0 aromatic heterocycles. The van der Waals surface area contributed by atoms with Crippen molar-refractivity contribution in [3.63, 3.8) is 0 Å². The predicted molar refractivity (Wildman–Crippen MR) is 176 cm³/mol. The second kappa shape index (κ2) is 27.8. The fraction of sp³-hybridized carbons (Fsp3) is 1.00. The fourth-order valence-electron chi connectivity index (χ4n) is 3.06. The lowest BCUT2D eigenvalue weighted by molar-refractivity contribution is 0.0704. The fourth-order valence-corrected chi connectivity index (χ4v) is 15.4. The lowest BCUT2D eigenvalue weighted by atomic mass is 10.6. The van der Waals surface area contributed by atoms with Crippen LogP contribution in [0, 0.1) is 0 Å². The third-order valence-electron chi connectivity index (χ3n) is 4.50. The van der Waals surface area contributed by atoms with Crippen molar-refractivity contribution in [1.29, 1.82) is 0 Å². The molecule has 0 N–H and O–H groups in total. The molecule has 0 heterocycles. The Morgan fingerprint density at radius 2 is 0.763 bits per heavy atom. The zero-order valence-electron chi connectivity index (χ0n) is 24.7. The Morgan fingerprint density at radius 3 is 0.947 bits per heavy atom. The van der Waals surface area contributed by atoms with Crippen molar-refractivity contribution in [2.45, 2.75) is 66.5 Å². The molecule has 0 aliphatic rings. The second-order valence-corrected chi connectivity index (χ2v) is 22.7. The molecule has 38 heavy (non-hydrogen) atoms. The molecule has 0 bridgehead atoms. The smallest absolute Gasteiger partial charge is 0.374 e. The molecular weight excluding hydrogens is 641 g/mol. The molecule has 0 saturated carbocycles. The van der Waals surface area contributed by atoms with Gasteiger partial charge in [-0.1, -0.05) is 21.6 Å². The van der Waals surface area contributed by atoms with Gasteiger partial charge in [0.25, 0.3) is 0 Å².